The Morgan fingerprint density at radius 1 is 1.50 bits per heavy atom. The smallest absolute Gasteiger partial charge is 0.260 e. The van der Waals surface area contributed by atoms with E-state index >= 15 is 0 Å². The minimum Gasteiger partial charge on any atom is -0.381 e. The number of ether oxygens (including phenoxy) is 1. The fraction of sp³-hybridized carbons (Fsp3) is 0.500. The lowest BCUT2D eigenvalue weighted by Crippen LogP contribution is -2.47. The summed E-state index contributed by atoms with van der Waals surface area (Å²) >= 11 is 0. The molecular weight excluding hydrogens is 256 g/mol. The molecule has 8 heteroatoms. The minimum atomic E-state index is -3.65. The molecule has 2 rings (SSSR count). The van der Waals surface area contributed by atoms with Crippen molar-refractivity contribution in [2.45, 2.75) is 30.0 Å². The first kappa shape index (κ1) is 13.2. The van der Waals surface area contributed by atoms with E-state index in [1.54, 1.807) is 19.2 Å². The van der Waals surface area contributed by atoms with Crippen molar-refractivity contribution in [3.63, 3.8) is 0 Å². The van der Waals surface area contributed by atoms with Gasteiger partial charge in [-0.05, 0) is 25.0 Å². The minimum absolute atomic E-state index is 0.0895. The monoisotopic (exact) mass is 272 g/mol. The van der Waals surface area contributed by atoms with Gasteiger partial charge in [0.05, 0.1) is 11.8 Å². The number of rotatable bonds is 5. The molecule has 0 atom stereocenters. The van der Waals surface area contributed by atoms with Crippen molar-refractivity contribution in [1.82, 2.24) is 9.71 Å². The van der Waals surface area contributed by atoms with E-state index in [1.165, 1.54) is 6.20 Å². The summed E-state index contributed by atoms with van der Waals surface area (Å²) < 4.78 is 31.9. The summed E-state index contributed by atoms with van der Waals surface area (Å²) in [6.07, 6.45) is 2.89. The number of nitrogens with one attached hydrogen (secondary N) is 2. The number of anilines is 1. The first-order valence-corrected chi connectivity index (χ1v) is 7.02. The van der Waals surface area contributed by atoms with Crippen molar-refractivity contribution in [1.29, 1.82) is 0 Å². The van der Waals surface area contributed by atoms with Gasteiger partial charge in [-0.1, -0.05) is 0 Å². The van der Waals surface area contributed by atoms with Gasteiger partial charge in [-0.25, -0.2) is 18.1 Å². The molecule has 0 amide bonds. The molecule has 100 valence electrons. The average Bonchev–Trinajstić information content (AvgIpc) is 2.33. The van der Waals surface area contributed by atoms with E-state index in [2.05, 4.69) is 15.1 Å². The van der Waals surface area contributed by atoms with Crippen molar-refractivity contribution in [3.05, 3.63) is 18.3 Å². The summed E-state index contributed by atoms with van der Waals surface area (Å²) in [5, 5.41) is -0.0895. The summed E-state index contributed by atoms with van der Waals surface area (Å²) in [6, 6.07) is 3.06. The number of nitrogens with zero attached hydrogens (tertiary/aromatic N) is 1. The molecule has 1 aliphatic carbocycles. The number of hydrazine groups is 1. The van der Waals surface area contributed by atoms with Crippen LogP contribution in [0.1, 0.15) is 12.8 Å². The van der Waals surface area contributed by atoms with Crippen LogP contribution in [0.15, 0.2) is 23.4 Å². The van der Waals surface area contributed by atoms with Gasteiger partial charge in [0.1, 0.15) is 0 Å². The van der Waals surface area contributed by atoms with Crippen LogP contribution in [0.25, 0.3) is 0 Å². The van der Waals surface area contributed by atoms with Crippen LogP contribution in [0, 0.1) is 0 Å². The molecule has 0 aliphatic heterocycles. The standard InChI is InChI=1S/C10H16N4O3S/c1-17-8-5-7(6-8)14-18(15,16)10-9(13-11)3-2-4-12-10/h2-4,7-8,13-14H,5-6,11H2,1H3. The predicted molar refractivity (Wildman–Crippen MR) is 66.2 cm³/mol. The van der Waals surface area contributed by atoms with Crippen LogP contribution in [0.2, 0.25) is 0 Å². The van der Waals surface area contributed by atoms with Crippen molar-refractivity contribution in [2.24, 2.45) is 5.84 Å². The van der Waals surface area contributed by atoms with Crippen LogP contribution in [-0.4, -0.2) is 32.7 Å². The third-order valence-corrected chi connectivity index (χ3v) is 4.41. The highest BCUT2D eigenvalue weighted by atomic mass is 32.2. The molecule has 0 radical (unpaired) electrons. The molecule has 0 saturated heterocycles. The SMILES string of the molecule is COC1CC(NS(=O)(=O)c2ncccc2NN)C1. The molecule has 0 unspecified atom stereocenters. The second-order valence-corrected chi connectivity index (χ2v) is 5.78. The number of methoxy groups -OCH3 is 1. The van der Waals surface area contributed by atoms with Gasteiger partial charge in [0.15, 0.2) is 5.03 Å². The number of sulfonamides is 1. The zero-order valence-corrected chi connectivity index (χ0v) is 10.8. The summed E-state index contributed by atoms with van der Waals surface area (Å²) in [4.78, 5) is 3.85. The summed E-state index contributed by atoms with van der Waals surface area (Å²) in [5.74, 6) is 5.27. The van der Waals surface area contributed by atoms with Gasteiger partial charge in [-0.3, -0.25) is 5.84 Å². The van der Waals surface area contributed by atoms with Gasteiger partial charge in [-0.15, -0.1) is 0 Å². The highest BCUT2D eigenvalue weighted by Gasteiger charge is 2.33. The Labute approximate surface area is 106 Å². The molecule has 1 heterocycles. The topological polar surface area (TPSA) is 106 Å². The number of pyridine rings is 1. The van der Waals surface area contributed by atoms with Crippen molar-refractivity contribution < 1.29 is 13.2 Å². The average molecular weight is 272 g/mol. The van der Waals surface area contributed by atoms with E-state index in [0.717, 1.165) is 0 Å². The van der Waals surface area contributed by atoms with Crippen molar-refractivity contribution >= 4 is 15.7 Å². The Bertz CT molecular complexity index is 514. The number of aromatic nitrogens is 1. The molecular formula is C10H16N4O3S. The summed E-state index contributed by atoms with van der Waals surface area (Å²) in [7, 11) is -2.04. The zero-order valence-electron chi connectivity index (χ0n) is 9.96. The van der Waals surface area contributed by atoms with Gasteiger partial charge in [0.25, 0.3) is 10.0 Å². The lowest BCUT2D eigenvalue weighted by molar-refractivity contribution is 0.0236. The first-order chi connectivity index (χ1) is 8.56. The molecule has 1 saturated carbocycles. The van der Waals surface area contributed by atoms with Crippen molar-refractivity contribution in [3.8, 4) is 0 Å². The fourth-order valence-corrected chi connectivity index (χ4v) is 3.20. The predicted octanol–water partition coefficient (Wildman–Crippen LogP) is -0.177. The van der Waals surface area contributed by atoms with Crippen LogP contribution in [-0.2, 0) is 14.8 Å². The Morgan fingerprint density at radius 2 is 2.22 bits per heavy atom. The molecule has 0 aromatic carbocycles. The Kier molecular flexibility index (Phi) is 3.81. The molecule has 18 heavy (non-hydrogen) atoms. The molecule has 1 aromatic rings. The third-order valence-electron chi connectivity index (χ3n) is 2.93. The molecule has 0 bridgehead atoms. The molecule has 0 spiro atoms. The summed E-state index contributed by atoms with van der Waals surface area (Å²) in [5.41, 5.74) is 2.60. The maximum atomic E-state index is 12.1. The molecule has 1 aliphatic rings. The number of nitrogen functional groups attached to an aromatic ring is 1. The van der Waals surface area contributed by atoms with Gasteiger partial charge >= 0.3 is 0 Å². The van der Waals surface area contributed by atoms with Crippen molar-refractivity contribution in [2.75, 3.05) is 12.5 Å². The van der Waals surface area contributed by atoms with Crippen LogP contribution < -0.4 is 16.0 Å². The van der Waals surface area contributed by atoms with E-state index in [9.17, 15) is 8.42 Å². The van der Waals surface area contributed by atoms with Crippen LogP contribution in [0.4, 0.5) is 5.69 Å². The summed E-state index contributed by atoms with van der Waals surface area (Å²) in [6.45, 7) is 0. The third kappa shape index (κ3) is 2.61. The van der Waals surface area contributed by atoms with E-state index in [0.29, 0.717) is 12.8 Å². The number of hydrogen-bond acceptors (Lipinski definition) is 6. The van der Waals surface area contributed by atoms with Gasteiger partial charge in [-0.2, -0.15) is 0 Å². The molecule has 4 N–H and O–H groups in total. The lowest BCUT2D eigenvalue weighted by Gasteiger charge is -2.34. The van der Waals surface area contributed by atoms with Crippen LogP contribution >= 0.6 is 0 Å². The zero-order chi connectivity index (χ0) is 13.2. The lowest BCUT2D eigenvalue weighted by atomic mass is 9.90. The number of hydrogen-bond donors (Lipinski definition) is 3. The second kappa shape index (κ2) is 5.19. The van der Waals surface area contributed by atoms with Gasteiger partial charge in [0, 0.05) is 19.3 Å². The molecule has 1 fully saturated rings. The quantitative estimate of drug-likeness (QED) is 0.507. The Balaban J connectivity index is 2.11. The highest BCUT2D eigenvalue weighted by Crippen LogP contribution is 2.25. The molecule has 1 aromatic heterocycles. The van der Waals surface area contributed by atoms with Gasteiger partial charge < -0.3 is 10.2 Å². The Morgan fingerprint density at radius 3 is 2.83 bits per heavy atom. The Hall–Kier alpha value is -1.22. The number of nitrogens with two attached hydrogens (primary N) is 1. The van der Waals surface area contributed by atoms with E-state index < -0.39 is 10.0 Å². The van der Waals surface area contributed by atoms with Crippen LogP contribution in [0.5, 0.6) is 0 Å². The largest absolute Gasteiger partial charge is 0.381 e. The normalized spacial score (nSPS) is 23.4. The maximum Gasteiger partial charge on any atom is 0.260 e. The fourth-order valence-electron chi connectivity index (χ4n) is 1.84. The van der Waals surface area contributed by atoms with E-state index in [1.807, 2.05) is 0 Å². The highest BCUT2D eigenvalue weighted by molar-refractivity contribution is 7.89. The van der Waals surface area contributed by atoms with E-state index in [4.69, 9.17) is 10.6 Å². The first-order valence-electron chi connectivity index (χ1n) is 5.53. The maximum absolute atomic E-state index is 12.1. The van der Waals surface area contributed by atoms with Gasteiger partial charge in [0.2, 0.25) is 0 Å². The van der Waals surface area contributed by atoms with E-state index in [-0.39, 0.29) is 22.9 Å². The molecule has 7 nitrogen and oxygen atoms in total. The van der Waals surface area contributed by atoms with Crippen LogP contribution in [0.3, 0.4) is 0 Å². The second-order valence-electron chi connectivity index (χ2n) is 4.15.